The van der Waals surface area contributed by atoms with Gasteiger partial charge in [-0.05, 0) is 80.1 Å². The topological polar surface area (TPSA) is 62.1 Å². The number of rotatable bonds is 2. The minimum atomic E-state index is -0.425. The number of halogens is 1. The Balaban J connectivity index is 0.000000171. The molecule has 1 aliphatic carbocycles. The van der Waals surface area contributed by atoms with Crippen molar-refractivity contribution in [1.29, 1.82) is 0 Å². The van der Waals surface area contributed by atoms with E-state index in [1.54, 1.807) is 11.3 Å². The lowest BCUT2D eigenvalue weighted by Gasteiger charge is -2.32. The van der Waals surface area contributed by atoms with Gasteiger partial charge in [0.25, 0.3) is 0 Å². The predicted molar refractivity (Wildman–Crippen MR) is 129 cm³/mol. The van der Waals surface area contributed by atoms with Gasteiger partial charge in [-0.2, -0.15) is 0 Å². The van der Waals surface area contributed by atoms with Crippen molar-refractivity contribution in [2.24, 2.45) is 0 Å². The summed E-state index contributed by atoms with van der Waals surface area (Å²) in [6, 6.07) is 6.70. The van der Waals surface area contributed by atoms with Crippen LogP contribution in [-0.2, 0) is 9.31 Å². The van der Waals surface area contributed by atoms with E-state index in [0.29, 0.717) is 6.04 Å². The maximum Gasteiger partial charge on any atom is 0.514 e. The van der Waals surface area contributed by atoms with Crippen molar-refractivity contribution >= 4 is 61.1 Å². The molecule has 6 nitrogen and oxygen atoms in total. The van der Waals surface area contributed by atoms with E-state index >= 15 is 0 Å². The maximum atomic E-state index is 6.05. The summed E-state index contributed by atoms with van der Waals surface area (Å²) < 4.78 is 16.7. The van der Waals surface area contributed by atoms with Crippen LogP contribution in [0.4, 0.5) is 0 Å². The highest BCUT2D eigenvalue weighted by Gasteiger charge is 2.52. The van der Waals surface area contributed by atoms with E-state index in [2.05, 4.69) is 41.5 Å². The zero-order valence-electron chi connectivity index (χ0n) is 18.0. The van der Waals surface area contributed by atoms with E-state index < -0.39 is 7.12 Å². The van der Waals surface area contributed by atoms with Crippen molar-refractivity contribution in [2.75, 3.05) is 0 Å². The highest BCUT2D eigenvalue weighted by atomic mass is 79.9. The third-order valence-electron chi connectivity index (χ3n) is 6.21. The van der Waals surface area contributed by atoms with Gasteiger partial charge < -0.3 is 13.9 Å². The van der Waals surface area contributed by atoms with E-state index in [1.807, 2.05) is 64.7 Å². The summed E-state index contributed by atoms with van der Waals surface area (Å²) in [4.78, 5) is 13.1. The fourth-order valence-corrected chi connectivity index (χ4v) is 5.05. The quantitative estimate of drug-likeness (QED) is 0.359. The SMILES string of the molecule is Brc1cc2ccncc2s1.CC1(C)OB(c2cc3ncn(C4CC4)c3cn2)OC1(C)C. The Morgan fingerprint density at radius 2 is 1.84 bits per heavy atom. The average molecular weight is 499 g/mol. The molecule has 4 aromatic heterocycles. The molecule has 2 aliphatic rings. The third kappa shape index (κ3) is 4.04. The van der Waals surface area contributed by atoms with Gasteiger partial charge in [0.05, 0.1) is 48.8 Å². The summed E-state index contributed by atoms with van der Waals surface area (Å²) in [5.74, 6) is 0. The molecule has 4 aromatic rings. The Hall–Kier alpha value is -1.81. The molecule has 0 unspecified atom stereocenters. The average Bonchev–Trinajstić information content (AvgIpc) is 3.28. The molecule has 6 rings (SSSR count). The summed E-state index contributed by atoms with van der Waals surface area (Å²) in [5.41, 5.74) is 2.16. The smallest absolute Gasteiger partial charge is 0.398 e. The standard InChI is InChI=1S/C15H20BN3O2.C7H4BrNS/c1-14(2)15(3,4)21-16(20-14)13-7-11-12(8-17-13)19(9-18-11)10-5-6-10;8-7-3-5-1-2-9-4-6(5)10-7/h7-10H,5-6H2,1-4H3;1-4H. The summed E-state index contributed by atoms with van der Waals surface area (Å²) in [7, 11) is -0.425. The lowest BCUT2D eigenvalue weighted by Crippen LogP contribution is -2.41. The highest BCUT2D eigenvalue weighted by molar-refractivity contribution is 9.11. The molecule has 0 aromatic carbocycles. The maximum absolute atomic E-state index is 6.05. The largest absolute Gasteiger partial charge is 0.514 e. The number of thiophene rings is 1. The van der Waals surface area contributed by atoms with Crippen LogP contribution in [0.25, 0.3) is 21.1 Å². The van der Waals surface area contributed by atoms with Gasteiger partial charge >= 0.3 is 7.12 Å². The second-order valence-corrected chi connectivity index (χ2v) is 11.5. The van der Waals surface area contributed by atoms with Gasteiger partial charge in [-0.15, -0.1) is 11.3 Å². The summed E-state index contributed by atoms with van der Waals surface area (Å²) in [6.07, 6.45) is 9.97. The third-order valence-corrected chi connectivity index (χ3v) is 7.80. The number of hydrogen-bond acceptors (Lipinski definition) is 6. The molecule has 31 heavy (non-hydrogen) atoms. The first-order valence-corrected chi connectivity index (χ1v) is 12.0. The van der Waals surface area contributed by atoms with Gasteiger partial charge in [0.15, 0.2) is 0 Å². The second-order valence-electron chi connectivity index (χ2n) is 9.03. The molecule has 0 atom stereocenters. The Labute approximate surface area is 194 Å². The summed E-state index contributed by atoms with van der Waals surface area (Å²) >= 11 is 5.12. The molecule has 5 heterocycles. The fourth-order valence-electron chi connectivity index (χ4n) is 3.53. The van der Waals surface area contributed by atoms with E-state index in [9.17, 15) is 0 Å². The Morgan fingerprint density at radius 3 is 2.52 bits per heavy atom. The fraction of sp³-hybridized carbons (Fsp3) is 0.409. The van der Waals surface area contributed by atoms with Crippen molar-refractivity contribution in [3.63, 3.8) is 0 Å². The molecule has 9 heteroatoms. The van der Waals surface area contributed by atoms with Crippen LogP contribution in [0, 0.1) is 0 Å². The normalized spacial score (nSPS) is 19.6. The molecular formula is C22H24BBrN4O2S. The molecular weight excluding hydrogens is 475 g/mol. The van der Waals surface area contributed by atoms with Gasteiger partial charge in [-0.3, -0.25) is 9.97 Å². The van der Waals surface area contributed by atoms with Crippen LogP contribution in [-0.4, -0.2) is 37.8 Å². The van der Waals surface area contributed by atoms with Crippen molar-refractivity contribution in [2.45, 2.75) is 57.8 Å². The lowest BCUT2D eigenvalue weighted by molar-refractivity contribution is 0.00578. The van der Waals surface area contributed by atoms with E-state index in [0.717, 1.165) is 20.4 Å². The molecule has 160 valence electrons. The predicted octanol–water partition coefficient (Wildman–Crippen LogP) is 5.12. The Morgan fingerprint density at radius 1 is 1.10 bits per heavy atom. The number of nitrogens with zero attached hydrogens (tertiary/aromatic N) is 4. The molecule has 0 N–H and O–H groups in total. The van der Waals surface area contributed by atoms with Crippen LogP contribution in [0.15, 0.2) is 46.9 Å². The van der Waals surface area contributed by atoms with Crippen molar-refractivity contribution in [3.05, 3.63) is 46.9 Å². The number of fused-ring (bicyclic) bond motifs is 2. The molecule has 1 aliphatic heterocycles. The van der Waals surface area contributed by atoms with Crippen molar-refractivity contribution in [1.82, 2.24) is 19.5 Å². The van der Waals surface area contributed by atoms with Gasteiger partial charge in [-0.25, -0.2) is 4.98 Å². The number of pyridine rings is 2. The number of hydrogen-bond donors (Lipinski definition) is 0. The monoisotopic (exact) mass is 498 g/mol. The van der Waals surface area contributed by atoms with Crippen LogP contribution in [0.2, 0.25) is 0 Å². The van der Waals surface area contributed by atoms with Crippen molar-refractivity contribution in [3.8, 4) is 0 Å². The molecule has 0 amide bonds. The number of aromatic nitrogens is 4. The second kappa shape index (κ2) is 7.65. The van der Waals surface area contributed by atoms with Gasteiger partial charge in [0, 0.05) is 18.4 Å². The Bertz CT molecular complexity index is 1200. The van der Waals surface area contributed by atoms with Crippen LogP contribution in [0.3, 0.4) is 0 Å². The van der Waals surface area contributed by atoms with Gasteiger partial charge in [0.1, 0.15) is 0 Å². The van der Waals surface area contributed by atoms with Crippen molar-refractivity contribution < 1.29 is 9.31 Å². The zero-order valence-corrected chi connectivity index (χ0v) is 20.4. The first-order chi connectivity index (χ1) is 14.7. The molecule has 0 radical (unpaired) electrons. The van der Waals surface area contributed by atoms with Gasteiger partial charge in [0.2, 0.25) is 0 Å². The van der Waals surface area contributed by atoms with E-state index in [-0.39, 0.29) is 11.2 Å². The van der Waals surface area contributed by atoms with Crippen LogP contribution in [0.5, 0.6) is 0 Å². The summed E-state index contributed by atoms with van der Waals surface area (Å²) in [6.45, 7) is 8.20. The molecule has 0 bridgehead atoms. The molecule has 2 fully saturated rings. The van der Waals surface area contributed by atoms with Crippen LogP contribution >= 0.6 is 27.3 Å². The summed E-state index contributed by atoms with van der Waals surface area (Å²) in [5, 5.41) is 1.26. The first-order valence-electron chi connectivity index (χ1n) is 10.4. The Kier molecular flexibility index (Phi) is 5.20. The minimum absolute atomic E-state index is 0.346. The lowest BCUT2D eigenvalue weighted by atomic mass is 9.84. The number of imidazole rings is 1. The van der Waals surface area contributed by atoms with E-state index in [4.69, 9.17) is 9.31 Å². The van der Waals surface area contributed by atoms with Crippen LogP contribution < -0.4 is 5.59 Å². The molecule has 1 saturated carbocycles. The molecule has 1 saturated heterocycles. The first kappa shape index (κ1) is 21.1. The van der Waals surface area contributed by atoms with E-state index in [1.165, 1.54) is 22.9 Å². The van der Waals surface area contributed by atoms with Crippen LogP contribution in [0.1, 0.15) is 46.6 Å². The zero-order chi connectivity index (χ0) is 21.8. The molecule has 0 spiro atoms. The minimum Gasteiger partial charge on any atom is -0.398 e. The highest BCUT2D eigenvalue weighted by Crippen LogP contribution is 2.38. The van der Waals surface area contributed by atoms with Gasteiger partial charge in [-0.1, -0.05) is 0 Å².